The van der Waals surface area contributed by atoms with E-state index in [9.17, 15) is 14.4 Å². The summed E-state index contributed by atoms with van der Waals surface area (Å²) in [4.78, 5) is 35.5. The molecule has 0 atom stereocenters. The molecule has 2 rings (SSSR count). The van der Waals surface area contributed by atoms with Crippen LogP contribution in [0.15, 0.2) is 9.59 Å². The number of carbonyl (C=O) groups is 1. The fourth-order valence-corrected chi connectivity index (χ4v) is 4.13. The molecule has 6 nitrogen and oxygen atoms in total. The van der Waals surface area contributed by atoms with E-state index >= 15 is 0 Å². The third-order valence-corrected chi connectivity index (χ3v) is 5.34. The summed E-state index contributed by atoms with van der Waals surface area (Å²) < 4.78 is 4.38. The molecular weight excluding hydrogens is 312 g/mol. The Labute approximate surface area is 126 Å². The number of carboxylic acids is 1. The fraction of sp³-hybridized carbons (Fsp3) is 0.308. The zero-order valence-electron chi connectivity index (χ0n) is 11.6. The predicted octanol–water partition coefficient (Wildman–Crippen LogP) is -0.265. The fourth-order valence-electron chi connectivity index (χ4n) is 1.97. The van der Waals surface area contributed by atoms with Gasteiger partial charge in [0.25, 0.3) is 11.1 Å². The second-order valence-corrected chi connectivity index (χ2v) is 6.33. The SMILES string of the molecule is C=c1s/c(=c2/sc(=CC)c(=O)n2CC(=O)O)c(=O)n1CC. The zero-order chi connectivity index (χ0) is 15.7. The largest absolute Gasteiger partial charge is 0.480 e. The van der Waals surface area contributed by atoms with Gasteiger partial charge in [0.15, 0.2) is 0 Å². The predicted molar refractivity (Wildman–Crippen MR) is 83.1 cm³/mol. The van der Waals surface area contributed by atoms with Crippen molar-refractivity contribution in [3.05, 3.63) is 39.1 Å². The number of nitrogens with zero attached hydrogens (tertiary/aromatic N) is 2. The lowest BCUT2D eigenvalue weighted by atomic mass is 10.5. The van der Waals surface area contributed by atoms with Gasteiger partial charge < -0.3 is 5.11 Å². The Hall–Kier alpha value is -1.93. The van der Waals surface area contributed by atoms with E-state index in [1.807, 2.05) is 6.92 Å². The molecular formula is C13H14N2O4S2. The monoisotopic (exact) mass is 326 g/mol. The minimum atomic E-state index is -1.12. The molecule has 0 aliphatic heterocycles. The van der Waals surface area contributed by atoms with Crippen molar-refractivity contribution in [3.8, 4) is 0 Å². The molecule has 0 aromatic carbocycles. The normalized spacial score (nSPS) is 13.7. The van der Waals surface area contributed by atoms with Gasteiger partial charge in [-0.05, 0) is 13.8 Å². The molecule has 2 aromatic rings. The molecule has 2 aromatic heterocycles. The smallest absolute Gasteiger partial charge is 0.323 e. The van der Waals surface area contributed by atoms with Crippen LogP contribution in [-0.4, -0.2) is 20.2 Å². The van der Waals surface area contributed by atoms with E-state index in [0.717, 1.165) is 15.9 Å². The number of rotatable bonds is 3. The van der Waals surface area contributed by atoms with Gasteiger partial charge in [0.05, 0.1) is 9.20 Å². The van der Waals surface area contributed by atoms with Crippen molar-refractivity contribution >= 4 is 41.3 Å². The van der Waals surface area contributed by atoms with E-state index in [1.165, 1.54) is 15.9 Å². The van der Waals surface area contributed by atoms with Crippen LogP contribution in [-0.2, 0) is 17.9 Å². The quantitative estimate of drug-likeness (QED) is 0.842. The van der Waals surface area contributed by atoms with Gasteiger partial charge in [0, 0.05) is 6.54 Å². The van der Waals surface area contributed by atoms with Crippen LogP contribution in [0.25, 0.3) is 12.7 Å². The molecule has 0 aliphatic rings. The van der Waals surface area contributed by atoms with Crippen molar-refractivity contribution in [1.82, 2.24) is 9.13 Å². The first kappa shape index (κ1) is 15.5. The Balaban J connectivity index is 3.10. The number of hydrogen-bond donors (Lipinski definition) is 1. The van der Waals surface area contributed by atoms with E-state index in [4.69, 9.17) is 5.11 Å². The summed E-state index contributed by atoms with van der Waals surface area (Å²) >= 11 is 2.30. The molecule has 0 amide bonds. The molecule has 0 spiro atoms. The third kappa shape index (κ3) is 2.64. The van der Waals surface area contributed by atoms with Crippen LogP contribution >= 0.6 is 22.7 Å². The van der Waals surface area contributed by atoms with Crippen molar-refractivity contribution in [1.29, 1.82) is 0 Å². The highest BCUT2D eigenvalue weighted by Gasteiger charge is 2.11. The van der Waals surface area contributed by atoms with Crippen LogP contribution < -0.4 is 20.3 Å². The number of thiazole rings is 2. The van der Waals surface area contributed by atoms with Crippen LogP contribution in [0, 0.1) is 9.20 Å². The van der Waals surface area contributed by atoms with Gasteiger partial charge in [0.1, 0.15) is 15.7 Å². The van der Waals surface area contributed by atoms with Crippen LogP contribution in [0.4, 0.5) is 0 Å². The van der Waals surface area contributed by atoms with Crippen molar-refractivity contribution < 1.29 is 9.90 Å². The Morgan fingerprint density at radius 1 is 1.29 bits per heavy atom. The standard InChI is InChI=1S/C13H14N2O4S2/c1-4-8-11(18)15(6-9(16)17)13(21-8)10-12(19)14(5-2)7(3)20-10/h4H,3,5-6H2,1-2H3,(H,16,17)/b8-4?,13-10+. The maximum atomic E-state index is 12.3. The molecule has 0 saturated carbocycles. The Morgan fingerprint density at radius 2 is 1.95 bits per heavy atom. The Morgan fingerprint density at radius 3 is 2.43 bits per heavy atom. The lowest BCUT2D eigenvalue weighted by Crippen LogP contribution is -2.29. The van der Waals surface area contributed by atoms with Crippen LogP contribution in [0.2, 0.25) is 0 Å². The highest BCUT2D eigenvalue weighted by Crippen LogP contribution is 1.99. The topological polar surface area (TPSA) is 81.3 Å². The first-order valence-electron chi connectivity index (χ1n) is 6.21. The van der Waals surface area contributed by atoms with Gasteiger partial charge in [0.2, 0.25) is 0 Å². The molecule has 21 heavy (non-hydrogen) atoms. The number of carboxylic acid groups (broad SMARTS) is 1. The van der Waals surface area contributed by atoms with E-state index in [-0.39, 0.29) is 11.1 Å². The first-order chi connectivity index (χ1) is 9.90. The maximum Gasteiger partial charge on any atom is 0.323 e. The minimum Gasteiger partial charge on any atom is -0.480 e. The van der Waals surface area contributed by atoms with E-state index in [2.05, 4.69) is 6.58 Å². The van der Waals surface area contributed by atoms with Gasteiger partial charge in [-0.1, -0.05) is 12.7 Å². The van der Waals surface area contributed by atoms with Crippen molar-refractivity contribution in [2.45, 2.75) is 26.9 Å². The summed E-state index contributed by atoms with van der Waals surface area (Å²) in [5.74, 6) is -1.12. The second kappa shape index (κ2) is 5.82. The summed E-state index contributed by atoms with van der Waals surface area (Å²) in [6.07, 6.45) is 1.62. The molecule has 0 bridgehead atoms. The van der Waals surface area contributed by atoms with Crippen molar-refractivity contribution in [2.75, 3.05) is 0 Å². The van der Waals surface area contributed by atoms with E-state index in [0.29, 0.717) is 24.9 Å². The van der Waals surface area contributed by atoms with Gasteiger partial charge >= 0.3 is 5.97 Å². The second-order valence-electron chi connectivity index (χ2n) is 4.22. The third-order valence-electron chi connectivity index (χ3n) is 2.93. The number of aromatic nitrogens is 2. The average molecular weight is 326 g/mol. The maximum absolute atomic E-state index is 12.3. The van der Waals surface area contributed by atoms with Crippen LogP contribution in [0.3, 0.4) is 0 Å². The first-order valence-corrected chi connectivity index (χ1v) is 7.84. The highest BCUT2D eigenvalue weighted by molar-refractivity contribution is 7.11. The van der Waals surface area contributed by atoms with Crippen molar-refractivity contribution in [3.63, 3.8) is 0 Å². The number of aliphatic carboxylic acids is 1. The van der Waals surface area contributed by atoms with Gasteiger partial charge in [-0.25, -0.2) is 0 Å². The lowest BCUT2D eigenvalue weighted by Gasteiger charge is -1.95. The lowest BCUT2D eigenvalue weighted by molar-refractivity contribution is -0.137. The van der Waals surface area contributed by atoms with Gasteiger partial charge in [-0.3, -0.25) is 23.5 Å². The summed E-state index contributed by atoms with van der Waals surface area (Å²) in [7, 11) is 0. The molecule has 0 fully saturated rings. The molecule has 0 unspecified atom stereocenters. The summed E-state index contributed by atoms with van der Waals surface area (Å²) in [6.45, 7) is 7.36. The van der Waals surface area contributed by atoms with Crippen molar-refractivity contribution in [2.24, 2.45) is 0 Å². The Kier molecular flexibility index (Phi) is 4.29. The van der Waals surface area contributed by atoms with Gasteiger partial charge in [-0.15, -0.1) is 22.7 Å². The molecule has 2 heterocycles. The van der Waals surface area contributed by atoms with Gasteiger partial charge in [-0.2, -0.15) is 0 Å². The average Bonchev–Trinajstić information content (AvgIpc) is 2.88. The van der Waals surface area contributed by atoms with E-state index < -0.39 is 12.5 Å². The Bertz CT molecular complexity index is 1010. The highest BCUT2D eigenvalue weighted by atomic mass is 32.1. The summed E-state index contributed by atoms with van der Waals surface area (Å²) in [5, 5.41) is 8.96. The van der Waals surface area contributed by atoms with E-state index in [1.54, 1.807) is 13.0 Å². The van der Waals surface area contributed by atoms with Crippen LogP contribution in [0.1, 0.15) is 13.8 Å². The molecule has 8 heteroatoms. The molecule has 1 N–H and O–H groups in total. The molecule has 112 valence electrons. The number of hydrogen-bond acceptors (Lipinski definition) is 5. The minimum absolute atomic E-state index is 0.240. The summed E-state index contributed by atoms with van der Waals surface area (Å²) in [6, 6.07) is 0. The molecule has 0 saturated heterocycles. The van der Waals surface area contributed by atoms with Crippen LogP contribution in [0.5, 0.6) is 0 Å². The summed E-state index contributed by atoms with van der Waals surface area (Å²) in [5.41, 5.74) is -0.628. The molecule has 0 radical (unpaired) electrons. The zero-order valence-corrected chi connectivity index (χ0v) is 13.2. The molecule has 0 aliphatic carbocycles.